The van der Waals surface area contributed by atoms with E-state index in [4.69, 9.17) is 0 Å². The normalized spacial score (nSPS) is 16.3. The fourth-order valence-electron chi connectivity index (χ4n) is 1.64. The summed E-state index contributed by atoms with van der Waals surface area (Å²) in [5, 5.41) is 3.20. The van der Waals surface area contributed by atoms with Crippen molar-refractivity contribution in [3.8, 4) is 0 Å². The van der Waals surface area contributed by atoms with E-state index in [2.05, 4.69) is 10.3 Å². The molecule has 18 heavy (non-hydrogen) atoms. The van der Waals surface area contributed by atoms with Crippen LogP contribution in [0.5, 0.6) is 0 Å². The van der Waals surface area contributed by atoms with E-state index in [0.717, 1.165) is 39.1 Å². The molecule has 8 heteroatoms. The van der Waals surface area contributed by atoms with Crippen LogP contribution in [-0.4, -0.2) is 48.9 Å². The quantitative estimate of drug-likeness (QED) is 0.872. The largest absolute Gasteiger partial charge is 0.313 e. The minimum Gasteiger partial charge on any atom is -0.313 e. The van der Waals surface area contributed by atoms with Gasteiger partial charge >= 0.3 is 10.2 Å². The average molecular weight is 293 g/mol. The fourth-order valence-corrected chi connectivity index (χ4v) is 2.42. The van der Waals surface area contributed by atoms with Gasteiger partial charge in [0.1, 0.15) is 6.33 Å². The summed E-state index contributed by atoms with van der Waals surface area (Å²) >= 11 is 0. The summed E-state index contributed by atoms with van der Waals surface area (Å²) in [6.07, 6.45) is 5.82. The van der Waals surface area contributed by atoms with Crippen molar-refractivity contribution in [2.75, 3.05) is 27.2 Å². The summed E-state index contributed by atoms with van der Waals surface area (Å²) in [6.45, 7) is 1.71. The van der Waals surface area contributed by atoms with Crippen LogP contribution < -0.4 is 5.32 Å². The van der Waals surface area contributed by atoms with Crippen molar-refractivity contribution in [3.63, 3.8) is 0 Å². The van der Waals surface area contributed by atoms with Crippen LogP contribution in [0.25, 0.3) is 5.57 Å². The maximum atomic E-state index is 11.8. The van der Waals surface area contributed by atoms with Gasteiger partial charge in [-0.15, -0.1) is 12.4 Å². The Morgan fingerprint density at radius 2 is 2.17 bits per heavy atom. The molecule has 1 aromatic rings. The first-order valence-electron chi connectivity index (χ1n) is 5.39. The number of imidazole rings is 1. The van der Waals surface area contributed by atoms with Crippen LogP contribution in [0.1, 0.15) is 12.1 Å². The Bertz CT molecular complexity index is 536. The molecule has 2 rings (SSSR count). The van der Waals surface area contributed by atoms with E-state index in [-0.39, 0.29) is 12.4 Å². The predicted molar refractivity (Wildman–Crippen MR) is 72.9 cm³/mol. The third-order valence-electron chi connectivity index (χ3n) is 2.68. The highest BCUT2D eigenvalue weighted by molar-refractivity contribution is 7.87. The molecule has 0 saturated carbocycles. The minimum absolute atomic E-state index is 0. The van der Waals surface area contributed by atoms with Crippen LogP contribution >= 0.6 is 12.4 Å². The highest BCUT2D eigenvalue weighted by Gasteiger charge is 2.18. The van der Waals surface area contributed by atoms with Crippen LogP contribution in [0.2, 0.25) is 0 Å². The van der Waals surface area contributed by atoms with Crippen molar-refractivity contribution >= 4 is 28.2 Å². The van der Waals surface area contributed by atoms with Gasteiger partial charge in [-0.25, -0.2) is 8.96 Å². The molecule has 2 heterocycles. The number of nitrogens with one attached hydrogen (secondary N) is 1. The Morgan fingerprint density at radius 1 is 1.44 bits per heavy atom. The lowest BCUT2D eigenvalue weighted by Crippen LogP contribution is -2.27. The van der Waals surface area contributed by atoms with Gasteiger partial charge in [0.2, 0.25) is 0 Å². The number of nitrogens with zero attached hydrogens (tertiary/aromatic N) is 3. The van der Waals surface area contributed by atoms with Gasteiger partial charge in [-0.2, -0.15) is 12.7 Å². The Morgan fingerprint density at radius 3 is 2.72 bits per heavy atom. The second-order valence-corrected chi connectivity index (χ2v) is 6.11. The number of halogens is 1. The lowest BCUT2D eigenvalue weighted by Gasteiger charge is -2.12. The molecule has 102 valence electrons. The maximum absolute atomic E-state index is 11.8. The van der Waals surface area contributed by atoms with Gasteiger partial charge in [-0.05, 0) is 18.5 Å². The van der Waals surface area contributed by atoms with Crippen LogP contribution in [0.15, 0.2) is 18.6 Å². The molecule has 0 fully saturated rings. The standard InChI is InChI=1S/C10H16N4O2S.ClH/c1-13(2)17(15,16)14-7-10(12-8-14)9-3-5-11-6-4-9;/h3,7-8,11H,4-6H2,1-2H3;1H. The number of hydrogen-bond donors (Lipinski definition) is 1. The Kier molecular flexibility index (Phi) is 4.92. The Balaban J connectivity index is 0.00000162. The maximum Gasteiger partial charge on any atom is 0.308 e. The first kappa shape index (κ1) is 15.2. The summed E-state index contributed by atoms with van der Waals surface area (Å²) in [7, 11) is -0.452. The van der Waals surface area contributed by atoms with Crippen molar-refractivity contribution in [2.24, 2.45) is 0 Å². The minimum atomic E-state index is -3.45. The van der Waals surface area contributed by atoms with E-state index in [1.54, 1.807) is 6.20 Å². The van der Waals surface area contributed by atoms with Gasteiger partial charge in [-0.3, -0.25) is 0 Å². The monoisotopic (exact) mass is 292 g/mol. The van der Waals surface area contributed by atoms with E-state index in [0.29, 0.717) is 0 Å². The van der Waals surface area contributed by atoms with Gasteiger partial charge < -0.3 is 5.32 Å². The van der Waals surface area contributed by atoms with Gasteiger partial charge in [0.15, 0.2) is 0 Å². The molecule has 0 spiro atoms. The van der Waals surface area contributed by atoms with E-state index in [9.17, 15) is 8.42 Å². The second-order valence-electron chi connectivity index (χ2n) is 4.06. The zero-order valence-electron chi connectivity index (χ0n) is 10.3. The van der Waals surface area contributed by atoms with E-state index >= 15 is 0 Å². The first-order valence-corrected chi connectivity index (χ1v) is 6.78. The van der Waals surface area contributed by atoms with E-state index in [1.807, 2.05) is 6.08 Å². The number of aromatic nitrogens is 2. The van der Waals surface area contributed by atoms with E-state index in [1.165, 1.54) is 20.4 Å². The second kappa shape index (κ2) is 5.83. The van der Waals surface area contributed by atoms with Crippen LogP contribution in [0, 0.1) is 0 Å². The van der Waals surface area contributed by atoms with Crippen LogP contribution in [-0.2, 0) is 10.2 Å². The summed E-state index contributed by atoms with van der Waals surface area (Å²) < 4.78 is 26.0. The lowest BCUT2D eigenvalue weighted by atomic mass is 10.1. The van der Waals surface area contributed by atoms with Gasteiger partial charge in [-0.1, -0.05) is 6.08 Å². The molecule has 0 aromatic carbocycles. The van der Waals surface area contributed by atoms with Crippen molar-refractivity contribution in [2.45, 2.75) is 6.42 Å². The molecule has 0 aliphatic carbocycles. The molecule has 0 bridgehead atoms. The lowest BCUT2D eigenvalue weighted by molar-refractivity contribution is 0.510. The summed E-state index contributed by atoms with van der Waals surface area (Å²) in [5.41, 5.74) is 1.83. The zero-order valence-corrected chi connectivity index (χ0v) is 12.0. The molecule has 0 amide bonds. The van der Waals surface area contributed by atoms with Crippen molar-refractivity contribution in [3.05, 3.63) is 24.3 Å². The van der Waals surface area contributed by atoms with E-state index < -0.39 is 10.2 Å². The van der Waals surface area contributed by atoms with Crippen LogP contribution in [0.4, 0.5) is 0 Å². The third kappa shape index (κ3) is 2.92. The summed E-state index contributed by atoms with van der Waals surface area (Å²) in [4.78, 5) is 4.15. The molecule has 0 radical (unpaired) electrons. The van der Waals surface area contributed by atoms with Gasteiger partial charge in [0.05, 0.1) is 5.69 Å². The molecule has 0 atom stereocenters. The topological polar surface area (TPSA) is 67.2 Å². The highest BCUT2D eigenvalue weighted by Crippen LogP contribution is 2.18. The Hall–Kier alpha value is -0.890. The molecule has 1 N–H and O–H groups in total. The molecular formula is C10H17ClN4O2S. The molecule has 0 unspecified atom stereocenters. The summed E-state index contributed by atoms with van der Waals surface area (Å²) in [5.74, 6) is 0. The third-order valence-corrected chi connectivity index (χ3v) is 4.34. The fraction of sp³-hybridized carbons (Fsp3) is 0.500. The number of hydrogen-bond acceptors (Lipinski definition) is 4. The molecule has 1 aliphatic rings. The first-order chi connectivity index (χ1) is 8.01. The number of rotatable bonds is 3. The van der Waals surface area contributed by atoms with Crippen molar-refractivity contribution in [1.82, 2.24) is 18.6 Å². The van der Waals surface area contributed by atoms with Crippen molar-refractivity contribution in [1.29, 1.82) is 0 Å². The zero-order chi connectivity index (χ0) is 12.5. The average Bonchev–Trinajstić information content (AvgIpc) is 2.80. The molecule has 0 saturated heterocycles. The molecule has 6 nitrogen and oxygen atoms in total. The highest BCUT2D eigenvalue weighted by atomic mass is 35.5. The van der Waals surface area contributed by atoms with Crippen molar-refractivity contribution < 1.29 is 8.42 Å². The SMILES string of the molecule is CN(C)S(=O)(=O)n1cnc(C2=CCNCC2)c1.Cl. The van der Waals surface area contributed by atoms with Gasteiger partial charge in [0.25, 0.3) is 0 Å². The molecule has 1 aromatic heterocycles. The molecular weight excluding hydrogens is 276 g/mol. The predicted octanol–water partition coefficient (Wildman–Crippen LogP) is 0.336. The van der Waals surface area contributed by atoms with Crippen LogP contribution in [0.3, 0.4) is 0 Å². The summed E-state index contributed by atoms with van der Waals surface area (Å²) in [6, 6.07) is 0. The van der Waals surface area contributed by atoms with Gasteiger partial charge in [0, 0.05) is 26.8 Å². The smallest absolute Gasteiger partial charge is 0.308 e. The Labute approximate surface area is 113 Å². The molecule has 1 aliphatic heterocycles.